The van der Waals surface area contributed by atoms with E-state index in [1.54, 1.807) is 0 Å². The van der Waals surface area contributed by atoms with Gasteiger partial charge in [0.15, 0.2) is 6.04 Å². The number of H-pyrrole nitrogens is 1. The minimum absolute atomic E-state index is 0.0116. The highest BCUT2D eigenvalue weighted by Gasteiger charge is 2.36. The van der Waals surface area contributed by atoms with Crippen molar-refractivity contribution < 1.29 is 4.90 Å². The third kappa shape index (κ3) is 3.80. The molecule has 1 aliphatic heterocycles. The standard InChI is InChI=1S/C24H32N6O/c1-16-11-12-18-15-20(24(31)25-21(18)17(16)2)22(29-13-7-4-8-14-29)23-26-27-28-30(23)19-9-5-3-6-10-19/h11-12,15,19,22H,3-10,13-14H2,1-2H3,(H,25,31)/p+1/t22-/m1/s1. The Kier molecular flexibility index (Phi) is 5.61. The van der Waals surface area contributed by atoms with Crippen LogP contribution in [0.3, 0.4) is 0 Å². The number of quaternary nitrogens is 1. The highest BCUT2D eigenvalue weighted by Crippen LogP contribution is 2.30. The summed E-state index contributed by atoms with van der Waals surface area (Å²) in [4.78, 5) is 18.0. The summed E-state index contributed by atoms with van der Waals surface area (Å²) in [7, 11) is 0. The molecule has 1 aliphatic carbocycles. The maximum Gasteiger partial charge on any atom is 0.258 e. The molecule has 0 radical (unpaired) electrons. The summed E-state index contributed by atoms with van der Waals surface area (Å²) < 4.78 is 2.05. The summed E-state index contributed by atoms with van der Waals surface area (Å²) in [5.74, 6) is 0.859. The van der Waals surface area contributed by atoms with E-state index >= 15 is 0 Å². The van der Waals surface area contributed by atoms with Crippen molar-refractivity contribution in [2.24, 2.45) is 0 Å². The van der Waals surface area contributed by atoms with Crippen molar-refractivity contribution in [2.45, 2.75) is 77.3 Å². The van der Waals surface area contributed by atoms with Gasteiger partial charge in [0, 0.05) is 0 Å². The van der Waals surface area contributed by atoms with Crippen LogP contribution in [0, 0.1) is 13.8 Å². The van der Waals surface area contributed by atoms with Crippen LogP contribution >= 0.6 is 0 Å². The molecule has 0 bridgehead atoms. The fourth-order valence-corrected chi connectivity index (χ4v) is 5.57. The van der Waals surface area contributed by atoms with Crippen LogP contribution in [-0.2, 0) is 0 Å². The summed E-state index contributed by atoms with van der Waals surface area (Å²) in [6.07, 6.45) is 9.59. The molecule has 3 heterocycles. The minimum Gasteiger partial charge on any atom is -0.322 e. The Morgan fingerprint density at radius 3 is 2.58 bits per heavy atom. The number of nitrogens with zero attached hydrogens (tertiary/aromatic N) is 4. The van der Waals surface area contributed by atoms with Crippen molar-refractivity contribution in [3.8, 4) is 0 Å². The lowest BCUT2D eigenvalue weighted by atomic mass is 9.94. The number of piperidine rings is 1. The summed E-state index contributed by atoms with van der Waals surface area (Å²) >= 11 is 0. The van der Waals surface area contributed by atoms with E-state index in [4.69, 9.17) is 0 Å². The van der Waals surface area contributed by atoms with E-state index in [1.807, 2.05) is 0 Å². The number of hydrogen-bond acceptors (Lipinski definition) is 4. The summed E-state index contributed by atoms with van der Waals surface area (Å²) in [6.45, 7) is 6.25. The molecule has 0 spiro atoms. The molecular weight excluding hydrogens is 388 g/mol. The quantitative estimate of drug-likeness (QED) is 0.679. The number of benzene rings is 1. The Bertz CT molecular complexity index is 1120. The van der Waals surface area contributed by atoms with Crippen LogP contribution < -0.4 is 10.5 Å². The number of aromatic nitrogens is 5. The topological polar surface area (TPSA) is 80.9 Å². The number of tetrazole rings is 1. The van der Waals surface area contributed by atoms with Crippen LogP contribution in [0.4, 0.5) is 0 Å². The second kappa shape index (κ2) is 8.54. The van der Waals surface area contributed by atoms with Crippen molar-refractivity contribution in [3.05, 3.63) is 51.1 Å². The average molecular weight is 422 g/mol. The van der Waals surface area contributed by atoms with Crippen LogP contribution in [0.25, 0.3) is 10.9 Å². The van der Waals surface area contributed by atoms with Crippen molar-refractivity contribution in [3.63, 3.8) is 0 Å². The van der Waals surface area contributed by atoms with Gasteiger partial charge in [-0.3, -0.25) is 4.79 Å². The van der Waals surface area contributed by atoms with E-state index < -0.39 is 0 Å². The van der Waals surface area contributed by atoms with E-state index in [9.17, 15) is 4.79 Å². The van der Waals surface area contributed by atoms with Gasteiger partial charge in [-0.1, -0.05) is 31.4 Å². The van der Waals surface area contributed by atoms with Gasteiger partial charge in [0.2, 0.25) is 5.82 Å². The van der Waals surface area contributed by atoms with Gasteiger partial charge in [0.25, 0.3) is 5.56 Å². The van der Waals surface area contributed by atoms with E-state index in [1.165, 1.54) is 49.0 Å². The van der Waals surface area contributed by atoms with Gasteiger partial charge in [-0.05, 0) is 79.0 Å². The smallest absolute Gasteiger partial charge is 0.258 e. The first-order valence-corrected chi connectivity index (χ1v) is 11.9. The van der Waals surface area contributed by atoms with Crippen molar-refractivity contribution in [2.75, 3.05) is 13.1 Å². The Labute approximate surface area is 182 Å². The fourth-order valence-electron chi connectivity index (χ4n) is 5.57. The molecule has 0 unspecified atom stereocenters. The van der Waals surface area contributed by atoms with Gasteiger partial charge in [0.05, 0.1) is 30.2 Å². The predicted molar refractivity (Wildman–Crippen MR) is 120 cm³/mol. The highest BCUT2D eigenvalue weighted by molar-refractivity contribution is 5.83. The molecule has 3 aromatic rings. The second-order valence-corrected chi connectivity index (χ2v) is 9.45. The molecule has 164 valence electrons. The van der Waals surface area contributed by atoms with Crippen LogP contribution in [-0.4, -0.2) is 38.3 Å². The first kappa shape index (κ1) is 20.4. The number of nitrogens with one attached hydrogen (secondary N) is 2. The number of likely N-dealkylation sites (tertiary alicyclic amines) is 1. The molecule has 7 nitrogen and oxygen atoms in total. The van der Waals surface area contributed by atoms with Gasteiger partial charge in [0.1, 0.15) is 0 Å². The third-order valence-corrected chi connectivity index (χ3v) is 7.49. The number of rotatable bonds is 4. The molecule has 2 aromatic heterocycles. The van der Waals surface area contributed by atoms with Crippen LogP contribution in [0.2, 0.25) is 0 Å². The summed E-state index contributed by atoms with van der Waals surface area (Å²) in [5.41, 5.74) is 4.04. The van der Waals surface area contributed by atoms with Gasteiger partial charge in [-0.2, -0.15) is 0 Å². The molecule has 31 heavy (non-hydrogen) atoms. The van der Waals surface area contributed by atoms with E-state index in [0.717, 1.165) is 53.8 Å². The summed E-state index contributed by atoms with van der Waals surface area (Å²) in [6, 6.07) is 6.55. The van der Waals surface area contributed by atoms with E-state index in [2.05, 4.69) is 57.2 Å². The maximum absolute atomic E-state index is 13.4. The third-order valence-electron chi connectivity index (χ3n) is 7.49. The van der Waals surface area contributed by atoms with Crippen LogP contribution in [0.15, 0.2) is 23.0 Å². The molecule has 2 N–H and O–H groups in total. The zero-order valence-electron chi connectivity index (χ0n) is 18.7. The molecule has 7 heteroatoms. The molecule has 1 aromatic carbocycles. The van der Waals surface area contributed by atoms with Gasteiger partial charge >= 0.3 is 0 Å². The SMILES string of the molecule is Cc1ccc2cc([C@H](c3nnnn3C3CCCCC3)[NH+]3CCCCC3)c(=O)[nH]c2c1C. The second-order valence-electron chi connectivity index (χ2n) is 9.45. The zero-order chi connectivity index (χ0) is 21.4. The highest BCUT2D eigenvalue weighted by atomic mass is 16.1. The lowest BCUT2D eigenvalue weighted by Gasteiger charge is -2.32. The monoisotopic (exact) mass is 421 g/mol. The van der Waals surface area contributed by atoms with Crippen LogP contribution in [0.1, 0.15) is 86.0 Å². The number of aromatic amines is 1. The molecule has 2 aliphatic rings. The van der Waals surface area contributed by atoms with Crippen LogP contribution in [0.5, 0.6) is 0 Å². The Morgan fingerprint density at radius 2 is 1.81 bits per heavy atom. The fraction of sp³-hybridized carbons (Fsp3) is 0.583. The molecule has 1 saturated carbocycles. The molecule has 0 amide bonds. The number of hydrogen-bond donors (Lipinski definition) is 2. The zero-order valence-corrected chi connectivity index (χ0v) is 18.7. The molecule has 1 atom stereocenters. The van der Waals surface area contributed by atoms with Gasteiger partial charge in [-0.15, -0.1) is 5.10 Å². The number of aryl methyl sites for hydroxylation is 2. The number of pyridine rings is 1. The van der Waals surface area contributed by atoms with Gasteiger partial charge < -0.3 is 9.88 Å². The van der Waals surface area contributed by atoms with Crippen molar-refractivity contribution in [1.29, 1.82) is 0 Å². The lowest BCUT2D eigenvalue weighted by molar-refractivity contribution is -0.931. The lowest BCUT2D eigenvalue weighted by Crippen LogP contribution is -3.13. The minimum atomic E-state index is -0.132. The summed E-state index contributed by atoms with van der Waals surface area (Å²) in [5, 5.41) is 14.1. The van der Waals surface area contributed by atoms with Crippen molar-refractivity contribution >= 4 is 10.9 Å². The number of fused-ring (bicyclic) bond motifs is 1. The van der Waals surface area contributed by atoms with E-state index in [0.29, 0.717) is 6.04 Å². The molecule has 2 fully saturated rings. The Balaban J connectivity index is 1.65. The molecule has 5 rings (SSSR count). The van der Waals surface area contributed by atoms with E-state index in [-0.39, 0.29) is 11.6 Å². The molecule has 1 saturated heterocycles. The Hall–Kier alpha value is -2.54. The first-order chi connectivity index (χ1) is 15.1. The molecular formula is C24H33N6O+. The predicted octanol–water partition coefficient (Wildman–Crippen LogP) is 2.79. The van der Waals surface area contributed by atoms with Crippen molar-refractivity contribution in [1.82, 2.24) is 25.2 Å². The maximum atomic E-state index is 13.4. The van der Waals surface area contributed by atoms with Gasteiger partial charge in [-0.25, -0.2) is 4.68 Å². The normalized spacial score (nSPS) is 19.7. The average Bonchev–Trinajstić information content (AvgIpc) is 3.28. The largest absolute Gasteiger partial charge is 0.322 e. The Morgan fingerprint density at radius 1 is 1.06 bits per heavy atom. The first-order valence-electron chi connectivity index (χ1n) is 11.9.